The summed E-state index contributed by atoms with van der Waals surface area (Å²) in [5.41, 5.74) is 2.50. The maximum absolute atomic E-state index is 12.8. The maximum atomic E-state index is 12.8. The van der Waals surface area contributed by atoms with Gasteiger partial charge >= 0.3 is 5.97 Å². The van der Waals surface area contributed by atoms with Gasteiger partial charge in [0.2, 0.25) is 0 Å². The average molecular weight is 347 g/mol. The van der Waals surface area contributed by atoms with Crippen LogP contribution in [-0.2, 0) is 14.8 Å². The van der Waals surface area contributed by atoms with Gasteiger partial charge in [0.25, 0.3) is 10.0 Å². The van der Waals surface area contributed by atoms with E-state index in [9.17, 15) is 13.2 Å². The number of sulfonamides is 1. The van der Waals surface area contributed by atoms with Gasteiger partial charge in [0.05, 0.1) is 22.8 Å². The summed E-state index contributed by atoms with van der Waals surface area (Å²) in [6.45, 7) is 5.68. The fourth-order valence-electron chi connectivity index (χ4n) is 2.29. The molecule has 2 aromatic rings. The first-order valence-corrected chi connectivity index (χ1v) is 9.04. The summed E-state index contributed by atoms with van der Waals surface area (Å²) in [7, 11) is -2.23. The predicted molar refractivity (Wildman–Crippen MR) is 93.9 cm³/mol. The molecular weight excluding hydrogens is 326 g/mol. The van der Waals surface area contributed by atoms with Gasteiger partial charge in [-0.1, -0.05) is 23.8 Å². The number of hydrogen-bond donors (Lipinski definition) is 0. The SMILES string of the molecule is CCOC(=O)c1ccc(C)c(N(C)S(=O)(=O)c2ccc(C)cc2)c1. The van der Waals surface area contributed by atoms with Crippen LogP contribution < -0.4 is 4.31 Å². The molecule has 0 aliphatic rings. The van der Waals surface area contributed by atoms with Crippen molar-refractivity contribution in [2.75, 3.05) is 18.0 Å². The van der Waals surface area contributed by atoms with E-state index in [-0.39, 0.29) is 11.5 Å². The third kappa shape index (κ3) is 3.59. The summed E-state index contributed by atoms with van der Waals surface area (Å²) < 4.78 is 31.8. The molecule has 5 nitrogen and oxygen atoms in total. The fraction of sp³-hybridized carbons (Fsp3) is 0.278. The second-order valence-electron chi connectivity index (χ2n) is 5.51. The number of carbonyl (C=O) groups excluding carboxylic acids is 1. The van der Waals surface area contributed by atoms with Crippen molar-refractivity contribution in [2.24, 2.45) is 0 Å². The summed E-state index contributed by atoms with van der Waals surface area (Å²) in [6.07, 6.45) is 0. The molecule has 0 heterocycles. The lowest BCUT2D eigenvalue weighted by Gasteiger charge is -2.22. The molecule has 0 radical (unpaired) electrons. The smallest absolute Gasteiger partial charge is 0.338 e. The van der Waals surface area contributed by atoms with Crippen molar-refractivity contribution < 1.29 is 17.9 Å². The van der Waals surface area contributed by atoms with Crippen LogP contribution in [-0.4, -0.2) is 28.0 Å². The first-order valence-electron chi connectivity index (χ1n) is 7.60. The van der Waals surface area contributed by atoms with Gasteiger partial charge in [-0.25, -0.2) is 13.2 Å². The molecule has 0 aromatic heterocycles. The molecule has 0 amide bonds. The number of esters is 1. The molecule has 0 fully saturated rings. The van der Waals surface area contributed by atoms with Crippen molar-refractivity contribution in [1.29, 1.82) is 0 Å². The Bertz CT molecular complexity index is 842. The van der Waals surface area contributed by atoms with Gasteiger partial charge in [0.1, 0.15) is 0 Å². The highest BCUT2D eigenvalue weighted by atomic mass is 32.2. The van der Waals surface area contributed by atoms with Crippen molar-refractivity contribution in [2.45, 2.75) is 25.7 Å². The molecule has 0 N–H and O–H groups in total. The van der Waals surface area contributed by atoms with Crippen LogP contribution in [0.5, 0.6) is 0 Å². The number of rotatable bonds is 5. The second kappa shape index (κ2) is 7.05. The van der Waals surface area contributed by atoms with Crippen LogP contribution in [0.15, 0.2) is 47.4 Å². The summed E-state index contributed by atoms with van der Waals surface area (Å²) in [5, 5.41) is 0. The van der Waals surface area contributed by atoms with E-state index < -0.39 is 16.0 Å². The summed E-state index contributed by atoms with van der Waals surface area (Å²) in [5.74, 6) is -0.472. The average Bonchev–Trinajstić information content (AvgIpc) is 2.55. The number of ether oxygens (including phenoxy) is 1. The van der Waals surface area contributed by atoms with Crippen LogP contribution in [0, 0.1) is 13.8 Å². The van der Waals surface area contributed by atoms with Crippen LogP contribution in [0.25, 0.3) is 0 Å². The van der Waals surface area contributed by atoms with E-state index in [0.29, 0.717) is 11.3 Å². The number of carbonyl (C=O) groups is 1. The zero-order chi connectivity index (χ0) is 17.9. The number of aryl methyl sites for hydroxylation is 2. The molecule has 0 saturated carbocycles. The van der Waals surface area contributed by atoms with E-state index in [4.69, 9.17) is 4.74 Å². The lowest BCUT2D eigenvalue weighted by Crippen LogP contribution is -2.27. The number of nitrogens with zero attached hydrogens (tertiary/aromatic N) is 1. The molecule has 0 aliphatic carbocycles. The van der Waals surface area contributed by atoms with Gasteiger partial charge in [0, 0.05) is 7.05 Å². The quantitative estimate of drug-likeness (QED) is 0.779. The largest absolute Gasteiger partial charge is 0.462 e. The van der Waals surface area contributed by atoms with Gasteiger partial charge in [-0.3, -0.25) is 4.31 Å². The van der Waals surface area contributed by atoms with Crippen LogP contribution in [0.2, 0.25) is 0 Å². The fourth-order valence-corrected chi connectivity index (χ4v) is 3.54. The molecule has 2 aromatic carbocycles. The highest BCUT2D eigenvalue weighted by molar-refractivity contribution is 7.92. The molecule has 2 rings (SSSR count). The van der Waals surface area contributed by atoms with Crippen molar-refractivity contribution in [3.8, 4) is 0 Å². The van der Waals surface area contributed by atoms with Crippen molar-refractivity contribution in [1.82, 2.24) is 0 Å². The van der Waals surface area contributed by atoms with Crippen LogP contribution in [0.1, 0.15) is 28.4 Å². The van der Waals surface area contributed by atoms with Crippen LogP contribution in [0.3, 0.4) is 0 Å². The minimum atomic E-state index is -3.70. The van der Waals surface area contributed by atoms with E-state index in [1.807, 2.05) is 6.92 Å². The van der Waals surface area contributed by atoms with E-state index in [0.717, 1.165) is 11.1 Å². The van der Waals surface area contributed by atoms with Gasteiger partial charge in [-0.05, 0) is 50.6 Å². The summed E-state index contributed by atoms with van der Waals surface area (Å²) >= 11 is 0. The Kier molecular flexibility index (Phi) is 5.29. The molecule has 128 valence electrons. The Hall–Kier alpha value is -2.34. The van der Waals surface area contributed by atoms with Gasteiger partial charge in [-0.15, -0.1) is 0 Å². The normalized spacial score (nSPS) is 11.2. The Balaban J connectivity index is 2.44. The third-order valence-electron chi connectivity index (χ3n) is 3.74. The number of benzene rings is 2. The maximum Gasteiger partial charge on any atom is 0.338 e. The van der Waals surface area contributed by atoms with Gasteiger partial charge in [-0.2, -0.15) is 0 Å². The molecule has 0 spiro atoms. The van der Waals surface area contributed by atoms with Gasteiger partial charge < -0.3 is 4.74 Å². The van der Waals surface area contributed by atoms with Crippen molar-refractivity contribution >= 4 is 21.7 Å². The van der Waals surface area contributed by atoms with E-state index >= 15 is 0 Å². The standard InChI is InChI=1S/C18H21NO4S/c1-5-23-18(20)15-9-8-14(3)17(12-15)19(4)24(21,22)16-10-6-13(2)7-11-16/h6-12H,5H2,1-4H3. The van der Waals surface area contributed by atoms with E-state index in [1.54, 1.807) is 56.3 Å². The van der Waals surface area contributed by atoms with E-state index in [1.165, 1.54) is 11.4 Å². The zero-order valence-corrected chi connectivity index (χ0v) is 15.1. The van der Waals surface area contributed by atoms with Crippen LogP contribution in [0.4, 0.5) is 5.69 Å². The summed E-state index contributed by atoms with van der Waals surface area (Å²) in [4.78, 5) is 12.1. The lowest BCUT2D eigenvalue weighted by molar-refractivity contribution is 0.0526. The zero-order valence-electron chi connectivity index (χ0n) is 14.2. The Morgan fingerprint density at radius 3 is 2.29 bits per heavy atom. The monoisotopic (exact) mass is 347 g/mol. The second-order valence-corrected chi connectivity index (χ2v) is 7.48. The number of anilines is 1. The van der Waals surface area contributed by atoms with Crippen molar-refractivity contribution in [3.63, 3.8) is 0 Å². The highest BCUT2D eigenvalue weighted by Crippen LogP contribution is 2.27. The molecule has 24 heavy (non-hydrogen) atoms. The third-order valence-corrected chi connectivity index (χ3v) is 5.52. The highest BCUT2D eigenvalue weighted by Gasteiger charge is 2.23. The van der Waals surface area contributed by atoms with Crippen molar-refractivity contribution in [3.05, 3.63) is 59.2 Å². The minimum absolute atomic E-state index is 0.205. The summed E-state index contributed by atoms with van der Waals surface area (Å²) in [6, 6.07) is 11.5. The predicted octanol–water partition coefficient (Wildman–Crippen LogP) is 3.31. The first kappa shape index (κ1) is 18.0. The minimum Gasteiger partial charge on any atom is -0.462 e. The van der Waals surface area contributed by atoms with E-state index in [2.05, 4.69) is 0 Å². The molecular formula is C18H21NO4S. The van der Waals surface area contributed by atoms with Gasteiger partial charge in [0.15, 0.2) is 0 Å². The topological polar surface area (TPSA) is 63.7 Å². The lowest BCUT2D eigenvalue weighted by atomic mass is 10.1. The molecule has 0 saturated heterocycles. The molecule has 0 aliphatic heterocycles. The Morgan fingerprint density at radius 2 is 1.71 bits per heavy atom. The Morgan fingerprint density at radius 1 is 1.08 bits per heavy atom. The van der Waals surface area contributed by atoms with Crippen LogP contribution >= 0.6 is 0 Å². The molecule has 0 bridgehead atoms. The molecule has 0 unspecified atom stereocenters. The molecule has 0 atom stereocenters. The molecule has 6 heteroatoms. The first-order chi connectivity index (χ1) is 11.3. The number of hydrogen-bond acceptors (Lipinski definition) is 4. The Labute approximate surface area is 142 Å².